The van der Waals surface area contributed by atoms with Crippen LogP contribution in [0.2, 0.25) is 0 Å². The molecule has 0 spiro atoms. The first kappa shape index (κ1) is 19.8. The zero-order valence-electron chi connectivity index (χ0n) is 15.2. The molecule has 1 aliphatic heterocycles. The van der Waals surface area contributed by atoms with Crippen LogP contribution < -0.4 is 5.32 Å². The van der Waals surface area contributed by atoms with Gasteiger partial charge in [-0.25, -0.2) is 0 Å². The topological polar surface area (TPSA) is 80.1 Å². The zero-order chi connectivity index (χ0) is 20.3. The minimum absolute atomic E-state index is 0.0733. The molecule has 1 unspecified atom stereocenters. The quantitative estimate of drug-likeness (QED) is 0.859. The van der Waals surface area contributed by atoms with E-state index in [1.54, 1.807) is 42.5 Å². The largest absolute Gasteiger partial charge is 0.405 e. The predicted octanol–water partition coefficient (Wildman–Crippen LogP) is 2.01. The Labute approximate surface area is 159 Å². The Morgan fingerprint density at radius 1 is 1.36 bits per heavy atom. The highest BCUT2D eigenvalue weighted by molar-refractivity contribution is 6.00. The molecule has 1 atom stereocenters. The van der Waals surface area contributed by atoms with Crippen molar-refractivity contribution in [3.63, 3.8) is 0 Å². The van der Waals surface area contributed by atoms with Crippen LogP contribution in [0.5, 0.6) is 0 Å². The number of hydrogen-bond acceptors (Lipinski definition) is 4. The maximum atomic E-state index is 13.0. The Bertz CT molecular complexity index is 865. The van der Waals surface area contributed by atoms with E-state index in [1.165, 1.54) is 4.90 Å². The highest BCUT2D eigenvalue weighted by Crippen LogP contribution is 2.25. The van der Waals surface area contributed by atoms with Crippen molar-refractivity contribution in [2.24, 2.45) is 13.0 Å². The second-order valence-electron chi connectivity index (χ2n) is 6.73. The lowest BCUT2D eigenvalue weighted by Gasteiger charge is -2.32. The number of nitrogens with zero attached hydrogens (tertiary/aromatic N) is 4. The molecule has 28 heavy (non-hydrogen) atoms. The van der Waals surface area contributed by atoms with Crippen LogP contribution in [-0.4, -0.2) is 57.3 Å². The molecule has 2 amide bonds. The molecule has 3 heterocycles. The van der Waals surface area contributed by atoms with Crippen molar-refractivity contribution in [1.29, 1.82) is 0 Å². The minimum atomic E-state index is -4.46. The van der Waals surface area contributed by atoms with Crippen LogP contribution in [0.4, 0.5) is 13.2 Å². The second-order valence-corrected chi connectivity index (χ2v) is 6.73. The average molecular weight is 395 g/mol. The molecule has 2 aromatic rings. The Hall–Kier alpha value is -2.91. The fraction of sp³-hybridized carbons (Fsp3) is 0.444. The first-order valence-corrected chi connectivity index (χ1v) is 8.82. The molecule has 0 aliphatic carbocycles. The van der Waals surface area contributed by atoms with Crippen molar-refractivity contribution >= 4 is 11.8 Å². The van der Waals surface area contributed by atoms with Crippen molar-refractivity contribution in [2.75, 3.05) is 19.6 Å². The number of amides is 2. The standard InChI is InChI=1S/C18H20F3N5O2/c1-25-9-13(8-24-25)15-14(5-2-6-22-15)17(28)26-7-3-4-12(10-26)16(27)23-11-18(19,20)21/h2,5-6,8-9,12H,3-4,7,10-11H2,1H3,(H,23,27). The molecule has 150 valence electrons. The summed E-state index contributed by atoms with van der Waals surface area (Å²) in [5.74, 6) is -1.66. The summed E-state index contributed by atoms with van der Waals surface area (Å²) in [5, 5.41) is 5.99. The van der Waals surface area contributed by atoms with Crippen LogP contribution in [0.3, 0.4) is 0 Å². The van der Waals surface area contributed by atoms with E-state index in [0.29, 0.717) is 36.2 Å². The van der Waals surface area contributed by atoms with Crippen LogP contribution in [0.1, 0.15) is 23.2 Å². The minimum Gasteiger partial charge on any atom is -0.347 e. The number of likely N-dealkylation sites (tertiary alicyclic amines) is 1. The molecular formula is C18H20F3N5O2. The Morgan fingerprint density at radius 2 is 2.14 bits per heavy atom. The number of piperidine rings is 1. The fourth-order valence-electron chi connectivity index (χ4n) is 3.23. The average Bonchev–Trinajstić information content (AvgIpc) is 3.11. The van der Waals surface area contributed by atoms with Crippen LogP contribution in [0.15, 0.2) is 30.7 Å². The number of carbonyl (C=O) groups excluding carboxylic acids is 2. The zero-order valence-corrected chi connectivity index (χ0v) is 15.2. The highest BCUT2D eigenvalue weighted by atomic mass is 19.4. The van der Waals surface area contributed by atoms with Gasteiger partial charge in [0.05, 0.1) is 23.4 Å². The van der Waals surface area contributed by atoms with Crippen molar-refractivity contribution in [3.05, 3.63) is 36.3 Å². The van der Waals surface area contributed by atoms with Gasteiger partial charge in [0, 0.05) is 38.1 Å². The van der Waals surface area contributed by atoms with Crippen molar-refractivity contribution in [3.8, 4) is 11.3 Å². The van der Waals surface area contributed by atoms with E-state index < -0.39 is 24.5 Å². The summed E-state index contributed by atoms with van der Waals surface area (Å²) in [6.45, 7) is -0.864. The number of aromatic nitrogens is 3. The van der Waals surface area contributed by atoms with Crippen LogP contribution in [0, 0.1) is 5.92 Å². The molecule has 0 saturated carbocycles. The molecule has 1 saturated heterocycles. The van der Waals surface area contributed by atoms with Crippen LogP contribution in [-0.2, 0) is 11.8 Å². The summed E-state index contributed by atoms with van der Waals surface area (Å²) >= 11 is 0. The van der Waals surface area contributed by atoms with Gasteiger partial charge in [-0.05, 0) is 25.0 Å². The van der Waals surface area contributed by atoms with Gasteiger partial charge >= 0.3 is 6.18 Å². The summed E-state index contributed by atoms with van der Waals surface area (Å²) in [6.07, 6.45) is 1.43. The molecular weight excluding hydrogens is 375 g/mol. The van der Waals surface area contributed by atoms with Gasteiger partial charge < -0.3 is 10.2 Å². The molecule has 1 fully saturated rings. The fourth-order valence-corrected chi connectivity index (χ4v) is 3.23. The second kappa shape index (κ2) is 7.99. The van der Waals surface area contributed by atoms with Gasteiger partial charge in [0.25, 0.3) is 5.91 Å². The lowest BCUT2D eigenvalue weighted by molar-refractivity contribution is -0.141. The lowest BCUT2D eigenvalue weighted by Crippen LogP contribution is -2.47. The predicted molar refractivity (Wildman–Crippen MR) is 94.1 cm³/mol. The summed E-state index contributed by atoms with van der Waals surface area (Å²) in [7, 11) is 1.75. The van der Waals surface area contributed by atoms with Crippen molar-refractivity contribution in [1.82, 2.24) is 25.0 Å². The number of halogens is 3. The van der Waals surface area contributed by atoms with Gasteiger partial charge in [0.2, 0.25) is 5.91 Å². The third-order valence-electron chi connectivity index (χ3n) is 4.56. The molecule has 0 aromatic carbocycles. The first-order valence-electron chi connectivity index (χ1n) is 8.82. The monoisotopic (exact) mass is 395 g/mol. The van der Waals surface area contributed by atoms with E-state index in [4.69, 9.17) is 0 Å². The Kier molecular flexibility index (Phi) is 5.66. The number of carbonyl (C=O) groups is 2. The summed E-state index contributed by atoms with van der Waals surface area (Å²) in [5.41, 5.74) is 1.53. The molecule has 1 aliphatic rings. The van der Waals surface area contributed by atoms with Gasteiger partial charge in [-0.1, -0.05) is 0 Å². The summed E-state index contributed by atoms with van der Waals surface area (Å²) in [6, 6.07) is 3.29. The first-order chi connectivity index (χ1) is 13.2. The molecule has 10 heteroatoms. The van der Waals surface area contributed by atoms with E-state index in [9.17, 15) is 22.8 Å². The number of rotatable bonds is 4. The van der Waals surface area contributed by atoms with E-state index >= 15 is 0 Å². The van der Waals surface area contributed by atoms with Gasteiger partial charge in [-0.2, -0.15) is 18.3 Å². The van der Waals surface area contributed by atoms with Gasteiger partial charge in [-0.15, -0.1) is 0 Å². The van der Waals surface area contributed by atoms with Gasteiger partial charge in [-0.3, -0.25) is 19.3 Å². The number of alkyl halides is 3. The van der Waals surface area contributed by atoms with Crippen molar-refractivity contribution < 1.29 is 22.8 Å². The maximum absolute atomic E-state index is 13.0. The molecule has 7 nitrogen and oxygen atoms in total. The maximum Gasteiger partial charge on any atom is 0.405 e. The van der Waals surface area contributed by atoms with Gasteiger partial charge in [0.15, 0.2) is 0 Å². The smallest absolute Gasteiger partial charge is 0.347 e. The number of hydrogen-bond donors (Lipinski definition) is 1. The highest BCUT2D eigenvalue weighted by Gasteiger charge is 2.33. The van der Waals surface area contributed by atoms with Crippen LogP contribution in [0.25, 0.3) is 11.3 Å². The Morgan fingerprint density at radius 3 is 2.82 bits per heavy atom. The normalized spacial score (nSPS) is 17.4. The molecule has 0 bridgehead atoms. The summed E-state index contributed by atoms with van der Waals surface area (Å²) in [4.78, 5) is 30.9. The summed E-state index contributed by atoms with van der Waals surface area (Å²) < 4.78 is 38.6. The lowest BCUT2D eigenvalue weighted by atomic mass is 9.96. The molecule has 1 N–H and O–H groups in total. The van der Waals surface area contributed by atoms with E-state index in [-0.39, 0.29) is 12.5 Å². The molecule has 0 radical (unpaired) electrons. The van der Waals surface area contributed by atoms with E-state index in [0.717, 1.165) is 0 Å². The third kappa shape index (κ3) is 4.68. The molecule has 3 rings (SSSR count). The van der Waals surface area contributed by atoms with Gasteiger partial charge in [0.1, 0.15) is 6.54 Å². The SMILES string of the molecule is Cn1cc(-c2ncccc2C(=O)N2CCCC(C(=O)NCC(F)(F)F)C2)cn1. The number of nitrogens with one attached hydrogen (secondary N) is 1. The number of aryl methyl sites for hydroxylation is 1. The van der Waals surface area contributed by atoms with E-state index in [2.05, 4.69) is 10.1 Å². The van der Waals surface area contributed by atoms with Crippen LogP contribution >= 0.6 is 0 Å². The van der Waals surface area contributed by atoms with Crippen molar-refractivity contribution in [2.45, 2.75) is 19.0 Å². The van der Waals surface area contributed by atoms with E-state index in [1.807, 2.05) is 5.32 Å². The third-order valence-corrected chi connectivity index (χ3v) is 4.56. The number of pyridine rings is 1. The Balaban J connectivity index is 1.74. The molecule has 2 aromatic heterocycles.